The van der Waals surface area contributed by atoms with Crippen molar-refractivity contribution in [2.45, 2.75) is 32.4 Å². The van der Waals surface area contributed by atoms with Crippen LogP contribution < -0.4 is 10.6 Å². The average molecular weight is 266 g/mol. The molecule has 1 amide bonds. The zero-order chi connectivity index (χ0) is 14.5. The van der Waals surface area contributed by atoms with Gasteiger partial charge >= 0.3 is 0 Å². The van der Waals surface area contributed by atoms with Gasteiger partial charge in [0.25, 0.3) is 5.91 Å². The highest BCUT2D eigenvalue weighted by Gasteiger charge is 2.21. The molecule has 0 fully saturated rings. The number of para-hydroxylation sites is 1. The van der Waals surface area contributed by atoms with Gasteiger partial charge < -0.3 is 20.8 Å². The van der Waals surface area contributed by atoms with Crippen molar-refractivity contribution in [3.05, 3.63) is 29.8 Å². The van der Waals surface area contributed by atoms with Crippen molar-refractivity contribution >= 4 is 11.6 Å². The Bertz CT molecular complexity index is 430. The van der Waals surface area contributed by atoms with Crippen molar-refractivity contribution in [2.24, 2.45) is 0 Å². The highest BCUT2D eigenvalue weighted by molar-refractivity contribution is 5.99. The number of carbonyl (C=O) groups excluding carboxylic acids is 1. The molecule has 5 heteroatoms. The molecule has 1 unspecified atom stereocenters. The average Bonchev–Trinajstić information content (AvgIpc) is 2.36. The molecule has 4 N–H and O–H groups in total. The van der Waals surface area contributed by atoms with Gasteiger partial charge in [-0.1, -0.05) is 12.1 Å². The number of nitrogens with one attached hydrogen (secondary N) is 2. The Labute approximate surface area is 113 Å². The van der Waals surface area contributed by atoms with Gasteiger partial charge in [-0.2, -0.15) is 0 Å². The largest absolute Gasteiger partial charge is 0.393 e. The highest BCUT2D eigenvalue weighted by Crippen LogP contribution is 2.16. The highest BCUT2D eigenvalue weighted by atomic mass is 16.3. The van der Waals surface area contributed by atoms with Crippen LogP contribution in [0.2, 0.25) is 0 Å². The van der Waals surface area contributed by atoms with Crippen LogP contribution in [0.5, 0.6) is 0 Å². The molecular formula is C14H22N2O3. The molecular weight excluding hydrogens is 244 g/mol. The number of anilines is 1. The van der Waals surface area contributed by atoms with Gasteiger partial charge in [-0.05, 0) is 32.9 Å². The van der Waals surface area contributed by atoms with Crippen LogP contribution in [-0.2, 0) is 0 Å². The molecule has 106 valence electrons. The molecule has 0 radical (unpaired) electrons. The summed E-state index contributed by atoms with van der Waals surface area (Å²) in [4.78, 5) is 12.1. The molecule has 0 aromatic heterocycles. The van der Waals surface area contributed by atoms with Gasteiger partial charge in [-0.15, -0.1) is 0 Å². The van der Waals surface area contributed by atoms with Crippen LogP contribution in [0.3, 0.4) is 0 Å². The van der Waals surface area contributed by atoms with Gasteiger partial charge in [0.1, 0.15) is 5.60 Å². The predicted octanol–water partition coefficient (Wildman–Crippen LogP) is 0.980. The zero-order valence-electron chi connectivity index (χ0n) is 11.6. The van der Waals surface area contributed by atoms with E-state index in [0.29, 0.717) is 5.56 Å². The van der Waals surface area contributed by atoms with Gasteiger partial charge in [0.2, 0.25) is 0 Å². The van der Waals surface area contributed by atoms with Crippen molar-refractivity contribution in [3.8, 4) is 0 Å². The molecule has 0 heterocycles. The van der Waals surface area contributed by atoms with Crippen LogP contribution in [0.25, 0.3) is 0 Å². The van der Waals surface area contributed by atoms with Crippen LogP contribution in [0.1, 0.15) is 31.1 Å². The maximum absolute atomic E-state index is 12.1. The number of aliphatic hydroxyl groups excluding tert-OH is 1. The molecule has 0 saturated heterocycles. The molecule has 0 aliphatic heterocycles. The molecule has 0 aliphatic carbocycles. The molecule has 1 aromatic carbocycles. The third-order valence-electron chi connectivity index (χ3n) is 2.59. The number of hydrogen-bond acceptors (Lipinski definition) is 4. The first kappa shape index (κ1) is 15.5. The molecule has 0 bridgehead atoms. The van der Waals surface area contributed by atoms with Gasteiger partial charge in [-0.25, -0.2) is 0 Å². The fourth-order valence-electron chi connectivity index (χ4n) is 1.54. The molecule has 19 heavy (non-hydrogen) atoms. The van der Waals surface area contributed by atoms with E-state index in [9.17, 15) is 9.90 Å². The number of benzene rings is 1. The minimum Gasteiger partial charge on any atom is -0.393 e. The number of hydrogen-bond donors (Lipinski definition) is 4. The number of amides is 1. The maximum atomic E-state index is 12.1. The van der Waals surface area contributed by atoms with Crippen molar-refractivity contribution in [3.63, 3.8) is 0 Å². The fraction of sp³-hybridized carbons (Fsp3) is 0.500. The van der Waals surface area contributed by atoms with Gasteiger partial charge in [0.05, 0.1) is 12.2 Å². The summed E-state index contributed by atoms with van der Waals surface area (Å²) in [6, 6.07) is 7.40. The summed E-state index contributed by atoms with van der Waals surface area (Å²) in [6.45, 7) is 5.04. The first-order chi connectivity index (χ1) is 8.85. The lowest BCUT2D eigenvalue weighted by Gasteiger charge is -2.21. The number of rotatable bonds is 6. The second-order valence-corrected chi connectivity index (χ2v) is 5.18. The molecule has 1 rings (SSSR count). The Morgan fingerprint density at radius 1 is 1.37 bits per heavy atom. The Morgan fingerprint density at radius 2 is 2.00 bits per heavy atom. The Morgan fingerprint density at radius 3 is 2.58 bits per heavy atom. The second kappa shape index (κ2) is 6.54. The van der Waals surface area contributed by atoms with E-state index in [1.807, 2.05) is 26.0 Å². The summed E-state index contributed by atoms with van der Waals surface area (Å²) in [5.74, 6) is -0.280. The normalized spacial score (nSPS) is 14.0. The lowest BCUT2D eigenvalue weighted by molar-refractivity contribution is 0.00320. The standard InChI is InChI=1S/C14H22N2O3/c1-10(2)16-12-7-5-4-6-11(12)13(18)15-8-14(3,19)9-17/h4-7,10,16-17,19H,8-9H2,1-3H3,(H,15,18). The minimum absolute atomic E-state index is 0.00164. The summed E-state index contributed by atoms with van der Waals surface area (Å²) < 4.78 is 0. The van der Waals surface area contributed by atoms with Crippen LogP contribution >= 0.6 is 0 Å². The first-order valence-corrected chi connectivity index (χ1v) is 6.33. The summed E-state index contributed by atoms with van der Waals surface area (Å²) in [6.07, 6.45) is 0. The van der Waals surface area contributed by atoms with Crippen molar-refractivity contribution in [1.29, 1.82) is 0 Å². The zero-order valence-corrected chi connectivity index (χ0v) is 11.6. The lowest BCUT2D eigenvalue weighted by atomic mass is 10.1. The van der Waals surface area contributed by atoms with Crippen molar-refractivity contribution in [1.82, 2.24) is 5.32 Å². The quantitative estimate of drug-likeness (QED) is 0.618. The SMILES string of the molecule is CC(C)Nc1ccccc1C(=O)NCC(C)(O)CO. The van der Waals surface area contributed by atoms with Crippen molar-refractivity contribution in [2.75, 3.05) is 18.5 Å². The molecule has 1 aromatic rings. The topological polar surface area (TPSA) is 81.6 Å². The number of carbonyl (C=O) groups is 1. The maximum Gasteiger partial charge on any atom is 0.253 e. The van der Waals surface area contributed by atoms with E-state index < -0.39 is 12.2 Å². The summed E-state index contributed by atoms with van der Waals surface area (Å²) >= 11 is 0. The van der Waals surface area contributed by atoms with Crippen molar-refractivity contribution < 1.29 is 15.0 Å². The van der Waals surface area contributed by atoms with Gasteiger partial charge in [-0.3, -0.25) is 4.79 Å². The van der Waals surface area contributed by atoms with Crippen LogP contribution in [-0.4, -0.2) is 40.9 Å². The third kappa shape index (κ3) is 4.89. The summed E-state index contributed by atoms with van der Waals surface area (Å²) in [5.41, 5.74) is -0.0422. The molecule has 5 nitrogen and oxygen atoms in total. The van der Waals surface area contributed by atoms with E-state index in [1.165, 1.54) is 6.92 Å². The van der Waals surface area contributed by atoms with Crippen LogP contribution in [0.15, 0.2) is 24.3 Å². The second-order valence-electron chi connectivity index (χ2n) is 5.18. The first-order valence-electron chi connectivity index (χ1n) is 6.33. The molecule has 1 atom stereocenters. The van der Waals surface area contributed by atoms with E-state index in [4.69, 9.17) is 5.11 Å². The lowest BCUT2D eigenvalue weighted by Crippen LogP contribution is -2.43. The predicted molar refractivity (Wildman–Crippen MR) is 75.2 cm³/mol. The van der Waals surface area contributed by atoms with E-state index in [0.717, 1.165) is 5.69 Å². The summed E-state index contributed by atoms with van der Waals surface area (Å²) in [7, 11) is 0. The van der Waals surface area contributed by atoms with E-state index in [2.05, 4.69) is 10.6 Å². The number of aliphatic hydroxyl groups is 2. The molecule has 0 aliphatic rings. The molecule has 0 spiro atoms. The van der Waals surface area contributed by atoms with Gasteiger partial charge in [0.15, 0.2) is 0 Å². The van der Waals surface area contributed by atoms with Gasteiger partial charge in [0, 0.05) is 18.3 Å². The summed E-state index contributed by atoms with van der Waals surface area (Å²) in [5, 5.41) is 24.4. The fourth-order valence-corrected chi connectivity index (χ4v) is 1.54. The minimum atomic E-state index is -1.31. The van der Waals surface area contributed by atoms with E-state index >= 15 is 0 Å². The monoisotopic (exact) mass is 266 g/mol. The van der Waals surface area contributed by atoms with E-state index in [-0.39, 0.29) is 18.5 Å². The van der Waals surface area contributed by atoms with Crippen LogP contribution in [0, 0.1) is 0 Å². The smallest absolute Gasteiger partial charge is 0.253 e. The Balaban J connectivity index is 2.77. The molecule has 0 saturated carbocycles. The Kier molecular flexibility index (Phi) is 5.32. The van der Waals surface area contributed by atoms with Crippen LogP contribution in [0.4, 0.5) is 5.69 Å². The Hall–Kier alpha value is -1.59. The third-order valence-corrected chi connectivity index (χ3v) is 2.59. The van der Waals surface area contributed by atoms with E-state index in [1.54, 1.807) is 12.1 Å².